The van der Waals surface area contributed by atoms with Crippen molar-refractivity contribution in [2.24, 2.45) is 17.8 Å². The minimum atomic E-state index is -1.10. The molecule has 8 heteroatoms. The fourth-order valence-electron chi connectivity index (χ4n) is 6.51. The van der Waals surface area contributed by atoms with Crippen molar-refractivity contribution in [3.8, 4) is 0 Å². The lowest BCUT2D eigenvalue weighted by atomic mass is 9.62. The van der Waals surface area contributed by atoms with Gasteiger partial charge >= 0.3 is 0 Å². The number of nitrogens with zero attached hydrogens (tertiary/aromatic N) is 3. The van der Waals surface area contributed by atoms with Crippen LogP contribution in [0.3, 0.4) is 0 Å². The van der Waals surface area contributed by atoms with E-state index in [2.05, 4.69) is 13.2 Å². The zero-order valence-electron chi connectivity index (χ0n) is 21.3. The molecule has 3 rings (SSSR count). The van der Waals surface area contributed by atoms with E-state index in [0.717, 1.165) is 6.42 Å². The molecule has 6 atom stereocenters. The Morgan fingerprint density at radius 1 is 1.26 bits per heavy atom. The van der Waals surface area contributed by atoms with Gasteiger partial charge in [-0.25, -0.2) is 0 Å². The number of amides is 3. The van der Waals surface area contributed by atoms with Crippen molar-refractivity contribution in [3.63, 3.8) is 0 Å². The number of aliphatic hydroxyl groups is 1. The molecule has 3 aliphatic heterocycles. The van der Waals surface area contributed by atoms with Crippen molar-refractivity contribution in [1.29, 1.82) is 0 Å². The molecule has 2 bridgehead atoms. The summed E-state index contributed by atoms with van der Waals surface area (Å²) in [7, 11) is 0. The fraction of sp³-hybridized carbons (Fsp3) is 0.731. The molecule has 3 amide bonds. The van der Waals surface area contributed by atoms with E-state index in [-0.39, 0.29) is 42.8 Å². The van der Waals surface area contributed by atoms with Crippen LogP contribution in [0.1, 0.15) is 47.5 Å². The lowest BCUT2D eigenvalue weighted by molar-refractivity contribution is -0.155. The highest BCUT2D eigenvalue weighted by Crippen LogP contribution is 2.65. The van der Waals surface area contributed by atoms with E-state index in [1.54, 1.807) is 22.0 Å². The van der Waals surface area contributed by atoms with Gasteiger partial charge in [0.25, 0.3) is 0 Å². The van der Waals surface area contributed by atoms with Crippen molar-refractivity contribution in [2.45, 2.75) is 70.7 Å². The molecule has 0 aromatic rings. The lowest BCUT2D eigenvalue weighted by Gasteiger charge is -2.39. The third kappa shape index (κ3) is 3.79. The van der Waals surface area contributed by atoms with Crippen LogP contribution in [-0.2, 0) is 19.1 Å². The molecule has 0 radical (unpaired) electrons. The summed E-state index contributed by atoms with van der Waals surface area (Å²) < 4.78 is 6.72. The molecule has 3 fully saturated rings. The van der Waals surface area contributed by atoms with Crippen LogP contribution in [0, 0.1) is 17.8 Å². The zero-order chi connectivity index (χ0) is 25.4. The molecule has 0 aromatic carbocycles. The Labute approximate surface area is 203 Å². The van der Waals surface area contributed by atoms with Crippen molar-refractivity contribution >= 4 is 17.7 Å². The number of likely N-dealkylation sites (tertiary alicyclic amines) is 1. The molecular formula is C26H41N3O5. The number of hydrogen-bond acceptors (Lipinski definition) is 5. The maximum atomic E-state index is 14.0. The molecular weight excluding hydrogens is 434 g/mol. The highest BCUT2D eigenvalue weighted by atomic mass is 16.5. The van der Waals surface area contributed by atoms with Crippen molar-refractivity contribution in [1.82, 2.24) is 14.7 Å². The van der Waals surface area contributed by atoms with E-state index in [9.17, 15) is 19.5 Å². The number of hydrogen-bond donors (Lipinski definition) is 1. The van der Waals surface area contributed by atoms with Crippen molar-refractivity contribution in [3.05, 3.63) is 25.3 Å². The van der Waals surface area contributed by atoms with Gasteiger partial charge in [-0.1, -0.05) is 26.0 Å². The van der Waals surface area contributed by atoms with Gasteiger partial charge in [0, 0.05) is 32.2 Å². The van der Waals surface area contributed by atoms with Gasteiger partial charge in [-0.05, 0) is 39.5 Å². The van der Waals surface area contributed by atoms with Gasteiger partial charge in [0.05, 0.1) is 24.0 Å². The van der Waals surface area contributed by atoms with E-state index >= 15 is 0 Å². The molecule has 3 heterocycles. The molecule has 0 saturated carbocycles. The van der Waals surface area contributed by atoms with Gasteiger partial charge in [-0.2, -0.15) is 0 Å². The minimum Gasteiger partial charge on any atom is -0.395 e. The topological polar surface area (TPSA) is 90.4 Å². The van der Waals surface area contributed by atoms with Crippen LogP contribution in [0.2, 0.25) is 0 Å². The molecule has 0 aliphatic carbocycles. The number of rotatable bonds is 11. The number of aliphatic hydroxyl groups excluding tert-OH is 1. The van der Waals surface area contributed by atoms with Crippen LogP contribution in [0.5, 0.6) is 0 Å². The lowest BCUT2D eigenvalue weighted by Crippen LogP contribution is -2.58. The van der Waals surface area contributed by atoms with Gasteiger partial charge in [0.2, 0.25) is 17.7 Å². The molecule has 0 aromatic heterocycles. The Bertz CT molecular complexity index is 844. The summed E-state index contributed by atoms with van der Waals surface area (Å²) in [6.07, 6.45) is 4.66. The second-order valence-electron chi connectivity index (χ2n) is 10.4. The molecule has 3 saturated heterocycles. The van der Waals surface area contributed by atoms with Crippen LogP contribution >= 0.6 is 0 Å². The quantitative estimate of drug-likeness (QED) is 0.461. The minimum absolute atomic E-state index is 0.0195. The van der Waals surface area contributed by atoms with Crippen molar-refractivity contribution < 1.29 is 24.2 Å². The summed E-state index contributed by atoms with van der Waals surface area (Å²) in [5.41, 5.74) is -1.95. The largest absolute Gasteiger partial charge is 0.395 e. The molecule has 3 aliphatic rings. The number of ether oxygens (including phenoxy) is 1. The van der Waals surface area contributed by atoms with E-state index in [0.29, 0.717) is 26.1 Å². The van der Waals surface area contributed by atoms with Gasteiger partial charge in [0.1, 0.15) is 11.6 Å². The van der Waals surface area contributed by atoms with Crippen LogP contribution in [0.25, 0.3) is 0 Å². The summed E-state index contributed by atoms with van der Waals surface area (Å²) >= 11 is 0. The number of β-amino-alcohol motifs (C(OH)–C–C–N with tert-alkyl or cyclic N) is 1. The second-order valence-corrected chi connectivity index (χ2v) is 10.4. The summed E-state index contributed by atoms with van der Waals surface area (Å²) in [6.45, 7) is 18.4. The molecule has 190 valence electrons. The van der Waals surface area contributed by atoms with Gasteiger partial charge in [0.15, 0.2) is 0 Å². The van der Waals surface area contributed by atoms with E-state index in [4.69, 9.17) is 4.74 Å². The third-order valence-electron chi connectivity index (χ3n) is 8.04. The fourth-order valence-corrected chi connectivity index (χ4v) is 6.51. The zero-order valence-corrected chi connectivity index (χ0v) is 21.3. The van der Waals surface area contributed by atoms with Crippen LogP contribution < -0.4 is 0 Å². The van der Waals surface area contributed by atoms with Gasteiger partial charge < -0.3 is 24.5 Å². The first-order chi connectivity index (χ1) is 16.0. The molecule has 1 N–H and O–H groups in total. The molecule has 8 nitrogen and oxygen atoms in total. The van der Waals surface area contributed by atoms with Crippen LogP contribution in [-0.4, -0.2) is 93.6 Å². The smallest absolute Gasteiger partial charge is 0.248 e. The normalized spacial score (nSPS) is 33.9. The first kappa shape index (κ1) is 26.4. The molecule has 34 heavy (non-hydrogen) atoms. The molecule has 1 spiro atoms. The number of fused-ring (bicyclic) bond motifs is 1. The predicted octanol–water partition coefficient (Wildman–Crippen LogP) is 1.84. The Morgan fingerprint density at radius 2 is 1.91 bits per heavy atom. The highest BCUT2D eigenvalue weighted by Gasteiger charge is 2.80. The maximum absolute atomic E-state index is 14.0. The Balaban J connectivity index is 2.12. The van der Waals surface area contributed by atoms with E-state index in [1.807, 2.05) is 34.6 Å². The molecule has 3 unspecified atom stereocenters. The van der Waals surface area contributed by atoms with E-state index in [1.165, 1.54) is 4.90 Å². The van der Waals surface area contributed by atoms with Crippen LogP contribution in [0.15, 0.2) is 25.3 Å². The van der Waals surface area contributed by atoms with Gasteiger partial charge in [-0.15, -0.1) is 13.2 Å². The predicted molar refractivity (Wildman–Crippen MR) is 130 cm³/mol. The maximum Gasteiger partial charge on any atom is 0.248 e. The second kappa shape index (κ2) is 9.82. The van der Waals surface area contributed by atoms with Gasteiger partial charge in [-0.3, -0.25) is 14.4 Å². The third-order valence-corrected chi connectivity index (χ3v) is 8.04. The number of carbonyl (C=O) groups excluding carboxylic acids is 3. The van der Waals surface area contributed by atoms with Crippen LogP contribution in [0.4, 0.5) is 0 Å². The first-order valence-corrected chi connectivity index (χ1v) is 12.5. The Morgan fingerprint density at radius 3 is 2.44 bits per heavy atom. The Hall–Kier alpha value is -2.19. The summed E-state index contributed by atoms with van der Waals surface area (Å²) in [4.78, 5) is 46.6. The average molecular weight is 476 g/mol. The van der Waals surface area contributed by atoms with E-state index < -0.39 is 29.1 Å². The Kier molecular flexibility index (Phi) is 7.63. The number of carbonyl (C=O) groups is 3. The first-order valence-electron chi connectivity index (χ1n) is 12.5. The standard InChI is InChI=1S/C26H41N3O5/c1-8-11-27(12-9-2)22(31)19-20-23(32)29(14-15-30)21(24(33)28(13-10-3)17(4)5)26(20)16-18(6)25(19,7)34-26/h8,10,17-21,30H,1,3,9,11-16H2,2,4-7H3/t18?,19-,20-,21?,25+,26?/m0/s1. The summed E-state index contributed by atoms with van der Waals surface area (Å²) in [5.74, 6) is -2.10. The average Bonchev–Trinajstić information content (AvgIpc) is 3.28. The highest BCUT2D eigenvalue weighted by molar-refractivity contribution is 5.99. The summed E-state index contributed by atoms with van der Waals surface area (Å²) in [6, 6.07) is -0.996. The van der Waals surface area contributed by atoms with Crippen molar-refractivity contribution in [2.75, 3.05) is 32.8 Å². The summed E-state index contributed by atoms with van der Waals surface area (Å²) in [5, 5.41) is 9.77. The monoisotopic (exact) mass is 475 g/mol. The SMILES string of the molecule is C=CCN(CCC)C(=O)[C@@H]1[C@H]2C(=O)N(CCO)C(C(=O)N(CC=C)C(C)C)C23CC(C)[C@@]1(C)O3.